The molecule has 7 heteroatoms. The molecule has 0 unspecified atom stereocenters. The Bertz CT molecular complexity index is 820. The first-order chi connectivity index (χ1) is 13.4. The molecule has 2 fully saturated rings. The number of anilines is 1. The second-order valence-electron chi connectivity index (χ2n) is 8.20. The van der Waals surface area contributed by atoms with E-state index in [4.69, 9.17) is 9.47 Å². The number of aromatic nitrogens is 2. The normalized spacial score (nSPS) is 22.1. The summed E-state index contributed by atoms with van der Waals surface area (Å²) in [5.41, 5.74) is 1.37. The van der Waals surface area contributed by atoms with E-state index in [0.717, 1.165) is 23.6 Å². The van der Waals surface area contributed by atoms with Crippen LogP contribution in [0.1, 0.15) is 20.8 Å². The van der Waals surface area contributed by atoms with Crippen molar-refractivity contribution >= 4 is 11.9 Å². The lowest BCUT2D eigenvalue weighted by Gasteiger charge is -2.37. The number of fused-ring (bicyclic) bond motifs is 1. The van der Waals surface area contributed by atoms with E-state index in [-0.39, 0.29) is 18.2 Å². The lowest BCUT2D eigenvalue weighted by Crippen LogP contribution is -2.51. The van der Waals surface area contributed by atoms with Crippen LogP contribution in [0, 0.1) is 0 Å². The van der Waals surface area contributed by atoms with Gasteiger partial charge in [0.05, 0.1) is 31.0 Å². The molecule has 4 rings (SSSR count). The van der Waals surface area contributed by atoms with Crippen molar-refractivity contribution in [3.63, 3.8) is 0 Å². The van der Waals surface area contributed by atoms with Crippen LogP contribution in [-0.4, -0.2) is 65.2 Å². The van der Waals surface area contributed by atoms with Gasteiger partial charge in [-0.15, -0.1) is 10.2 Å². The minimum absolute atomic E-state index is 0.0446. The fraction of sp³-hybridized carbons (Fsp3) is 0.476. The number of hydrogen-bond donors (Lipinski definition) is 0. The van der Waals surface area contributed by atoms with Crippen LogP contribution in [0.5, 0.6) is 0 Å². The highest BCUT2D eigenvalue weighted by Gasteiger charge is 2.43. The number of rotatable bonds is 2. The van der Waals surface area contributed by atoms with Crippen LogP contribution in [0.15, 0.2) is 42.5 Å². The van der Waals surface area contributed by atoms with E-state index in [0.29, 0.717) is 19.7 Å². The summed E-state index contributed by atoms with van der Waals surface area (Å²) in [6, 6.07) is 14.0. The topological polar surface area (TPSA) is 67.8 Å². The molecular formula is C21H26N4O3. The fourth-order valence-corrected chi connectivity index (χ4v) is 3.69. The van der Waals surface area contributed by atoms with Crippen LogP contribution < -0.4 is 4.90 Å². The molecule has 2 atom stereocenters. The Morgan fingerprint density at radius 2 is 1.89 bits per heavy atom. The molecule has 2 aromatic rings. The molecule has 2 saturated heterocycles. The van der Waals surface area contributed by atoms with Gasteiger partial charge in [0, 0.05) is 18.7 Å². The summed E-state index contributed by atoms with van der Waals surface area (Å²) in [6.07, 6.45) is -0.340. The summed E-state index contributed by atoms with van der Waals surface area (Å²) >= 11 is 0. The van der Waals surface area contributed by atoms with Crippen molar-refractivity contribution in [3.05, 3.63) is 42.5 Å². The minimum atomic E-state index is -0.510. The van der Waals surface area contributed by atoms with E-state index >= 15 is 0 Å². The first kappa shape index (κ1) is 18.7. The average Bonchev–Trinajstić information content (AvgIpc) is 3.12. The van der Waals surface area contributed by atoms with Crippen molar-refractivity contribution in [3.8, 4) is 11.3 Å². The number of amides is 1. The molecule has 1 aromatic heterocycles. The van der Waals surface area contributed by atoms with Crippen molar-refractivity contribution in [2.24, 2.45) is 0 Å². The molecule has 148 valence electrons. The Kier molecular flexibility index (Phi) is 4.93. The van der Waals surface area contributed by atoms with Gasteiger partial charge in [0.2, 0.25) is 0 Å². The number of benzene rings is 1. The van der Waals surface area contributed by atoms with E-state index in [9.17, 15) is 4.79 Å². The second-order valence-corrected chi connectivity index (χ2v) is 8.20. The molecule has 28 heavy (non-hydrogen) atoms. The molecule has 0 N–H and O–H groups in total. The second kappa shape index (κ2) is 7.39. The van der Waals surface area contributed by atoms with Gasteiger partial charge in [0.15, 0.2) is 5.82 Å². The van der Waals surface area contributed by atoms with E-state index in [1.54, 1.807) is 4.90 Å². The maximum Gasteiger partial charge on any atom is 0.410 e. The van der Waals surface area contributed by atoms with Crippen molar-refractivity contribution < 1.29 is 14.3 Å². The largest absolute Gasteiger partial charge is 0.444 e. The van der Waals surface area contributed by atoms with E-state index in [1.807, 2.05) is 63.2 Å². The SMILES string of the molecule is CC(C)(C)OC(=O)N1C[C@@H]2OCCN(c3ccc(-c4ccccc4)nn3)[C@@H]2C1. The molecule has 7 nitrogen and oxygen atoms in total. The predicted molar refractivity (Wildman–Crippen MR) is 106 cm³/mol. The van der Waals surface area contributed by atoms with Gasteiger partial charge >= 0.3 is 6.09 Å². The Hall–Kier alpha value is -2.67. The van der Waals surface area contributed by atoms with Crippen LogP contribution in [0.4, 0.5) is 10.6 Å². The smallest absolute Gasteiger partial charge is 0.410 e. The number of carbonyl (C=O) groups is 1. The highest BCUT2D eigenvalue weighted by atomic mass is 16.6. The van der Waals surface area contributed by atoms with Gasteiger partial charge in [-0.2, -0.15) is 0 Å². The Balaban J connectivity index is 1.49. The minimum Gasteiger partial charge on any atom is -0.444 e. The third-order valence-electron chi connectivity index (χ3n) is 4.97. The standard InChI is InChI=1S/C21H26N4O3/c1-21(2,3)28-20(26)24-13-17-18(14-24)27-12-11-25(17)19-10-9-16(22-23-19)15-7-5-4-6-8-15/h4-10,17-18H,11-14H2,1-3H3/t17-,18+/m1/s1. The molecule has 0 spiro atoms. The quantitative estimate of drug-likeness (QED) is 0.796. The third-order valence-corrected chi connectivity index (χ3v) is 4.97. The van der Waals surface area contributed by atoms with E-state index in [1.165, 1.54) is 0 Å². The van der Waals surface area contributed by atoms with Crippen LogP contribution in [0.3, 0.4) is 0 Å². The van der Waals surface area contributed by atoms with Gasteiger partial charge in [-0.05, 0) is 32.9 Å². The summed E-state index contributed by atoms with van der Waals surface area (Å²) in [5.74, 6) is 0.809. The highest BCUT2D eigenvalue weighted by Crippen LogP contribution is 2.28. The first-order valence-electron chi connectivity index (χ1n) is 9.66. The summed E-state index contributed by atoms with van der Waals surface area (Å²) in [4.78, 5) is 16.4. The lowest BCUT2D eigenvalue weighted by atomic mass is 10.1. The molecule has 0 aliphatic carbocycles. The monoisotopic (exact) mass is 382 g/mol. The number of ether oxygens (including phenoxy) is 2. The summed E-state index contributed by atoms with van der Waals surface area (Å²) in [7, 11) is 0. The molecule has 1 amide bonds. The van der Waals surface area contributed by atoms with Crippen molar-refractivity contribution in [2.75, 3.05) is 31.1 Å². The zero-order valence-electron chi connectivity index (χ0n) is 16.5. The van der Waals surface area contributed by atoms with Gasteiger partial charge in [-0.1, -0.05) is 30.3 Å². The van der Waals surface area contributed by atoms with Gasteiger partial charge in [-0.25, -0.2) is 4.79 Å². The van der Waals surface area contributed by atoms with Crippen LogP contribution in [0.25, 0.3) is 11.3 Å². The van der Waals surface area contributed by atoms with Gasteiger partial charge in [0.25, 0.3) is 0 Å². The Labute approximate surface area is 165 Å². The first-order valence-corrected chi connectivity index (χ1v) is 9.66. The van der Waals surface area contributed by atoms with Crippen molar-refractivity contribution in [2.45, 2.75) is 38.5 Å². The molecule has 3 heterocycles. The molecule has 0 saturated carbocycles. The summed E-state index contributed by atoms with van der Waals surface area (Å²) < 4.78 is 11.4. The molecule has 0 radical (unpaired) electrons. The van der Waals surface area contributed by atoms with E-state index < -0.39 is 5.60 Å². The summed E-state index contributed by atoms with van der Waals surface area (Å²) in [6.45, 7) is 8.05. The van der Waals surface area contributed by atoms with Crippen LogP contribution >= 0.6 is 0 Å². The molecule has 0 bridgehead atoms. The van der Waals surface area contributed by atoms with Gasteiger partial charge in [-0.3, -0.25) is 0 Å². The molecular weight excluding hydrogens is 356 g/mol. The highest BCUT2D eigenvalue weighted by molar-refractivity contribution is 5.69. The Morgan fingerprint density at radius 3 is 2.57 bits per heavy atom. The number of likely N-dealkylation sites (tertiary alicyclic amines) is 1. The molecule has 1 aromatic carbocycles. The summed E-state index contributed by atoms with van der Waals surface area (Å²) in [5, 5.41) is 8.86. The fourth-order valence-electron chi connectivity index (χ4n) is 3.69. The number of nitrogens with zero attached hydrogens (tertiary/aromatic N) is 4. The van der Waals surface area contributed by atoms with Gasteiger partial charge in [0.1, 0.15) is 5.60 Å². The average molecular weight is 382 g/mol. The van der Waals surface area contributed by atoms with E-state index in [2.05, 4.69) is 15.1 Å². The number of hydrogen-bond acceptors (Lipinski definition) is 6. The number of carbonyl (C=O) groups excluding carboxylic acids is 1. The van der Waals surface area contributed by atoms with Crippen LogP contribution in [0.2, 0.25) is 0 Å². The molecule has 2 aliphatic rings. The van der Waals surface area contributed by atoms with Crippen molar-refractivity contribution in [1.29, 1.82) is 0 Å². The third kappa shape index (κ3) is 3.94. The van der Waals surface area contributed by atoms with Gasteiger partial charge < -0.3 is 19.3 Å². The lowest BCUT2D eigenvalue weighted by molar-refractivity contribution is 0.0162. The molecule has 2 aliphatic heterocycles. The Morgan fingerprint density at radius 1 is 1.11 bits per heavy atom. The predicted octanol–water partition coefficient (Wildman–Crippen LogP) is 2.97. The number of morpholine rings is 1. The van der Waals surface area contributed by atoms with Crippen molar-refractivity contribution in [1.82, 2.24) is 15.1 Å². The maximum atomic E-state index is 12.5. The maximum absolute atomic E-state index is 12.5. The zero-order chi connectivity index (χ0) is 19.7. The van der Waals surface area contributed by atoms with Crippen LogP contribution in [-0.2, 0) is 9.47 Å². The zero-order valence-corrected chi connectivity index (χ0v) is 16.5.